The number of nitrogens with zero attached hydrogens (tertiary/aromatic N) is 2. The topological polar surface area (TPSA) is 101 Å². The molecule has 0 atom stereocenters. The molecule has 1 aromatic heterocycles. The van der Waals surface area contributed by atoms with Crippen LogP contribution in [-0.2, 0) is 21.3 Å². The summed E-state index contributed by atoms with van der Waals surface area (Å²) in [5, 5.41) is 6.54. The predicted octanol–water partition coefficient (Wildman–Crippen LogP) is -0.166. The molecule has 8 heteroatoms. The Bertz CT molecular complexity index is 483. The number of hydrogen-bond acceptors (Lipinski definition) is 5. The molecular formula is C10H20N4O3S. The molecule has 0 radical (unpaired) electrons. The van der Waals surface area contributed by atoms with Crippen LogP contribution in [0, 0.1) is 6.92 Å². The third-order valence-corrected chi connectivity index (χ3v) is 4.64. The van der Waals surface area contributed by atoms with Crippen molar-refractivity contribution in [3.8, 4) is 0 Å². The highest BCUT2D eigenvalue weighted by Crippen LogP contribution is 2.20. The summed E-state index contributed by atoms with van der Waals surface area (Å²) in [5.74, 6) is 0. The molecule has 0 unspecified atom stereocenters. The van der Waals surface area contributed by atoms with Crippen LogP contribution in [0.25, 0.3) is 0 Å². The van der Waals surface area contributed by atoms with Crippen LogP contribution < -0.4 is 5.73 Å². The number of nitrogens with one attached hydrogen (secondary N) is 1. The lowest BCUT2D eigenvalue weighted by Gasteiger charge is -2.17. The van der Waals surface area contributed by atoms with Gasteiger partial charge in [0.25, 0.3) is 0 Å². The minimum absolute atomic E-state index is 0.0816. The third kappa shape index (κ3) is 3.08. The number of aryl methyl sites for hydroxylation is 1. The summed E-state index contributed by atoms with van der Waals surface area (Å²) >= 11 is 0. The maximum atomic E-state index is 12.3. The molecule has 18 heavy (non-hydrogen) atoms. The summed E-state index contributed by atoms with van der Waals surface area (Å²) in [6, 6.07) is 0. The minimum Gasteiger partial charge on any atom is -0.380 e. The number of ether oxygens (including phenoxy) is 1. The van der Waals surface area contributed by atoms with Gasteiger partial charge < -0.3 is 10.5 Å². The lowest BCUT2D eigenvalue weighted by atomic mass is 10.4. The summed E-state index contributed by atoms with van der Waals surface area (Å²) in [7, 11) is -2.05. The average molecular weight is 276 g/mol. The van der Waals surface area contributed by atoms with E-state index in [9.17, 15) is 8.42 Å². The van der Waals surface area contributed by atoms with Crippen molar-refractivity contribution >= 4 is 10.0 Å². The number of sulfonamides is 1. The number of nitrogens with two attached hydrogens (primary N) is 1. The Morgan fingerprint density at radius 1 is 1.50 bits per heavy atom. The van der Waals surface area contributed by atoms with Gasteiger partial charge in [-0.2, -0.15) is 9.40 Å². The maximum absolute atomic E-state index is 12.3. The first-order chi connectivity index (χ1) is 8.45. The van der Waals surface area contributed by atoms with E-state index in [0.717, 1.165) is 0 Å². The normalized spacial score (nSPS) is 12.3. The quantitative estimate of drug-likeness (QED) is 0.673. The van der Waals surface area contributed by atoms with E-state index in [1.54, 1.807) is 6.92 Å². The monoisotopic (exact) mass is 276 g/mol. The van der Waals surface area contributed by atoms with Crippen LogP contribution in [0.3, 0.4) is 0 Å². The van der Waals surface area contributed by atoms with Crippen molar-refractivity contribution in [1.29, 1.82) is 0 Å². The largest absolute Gasteiger partial charge is 0.380 e. The minimum atomic E-state index is -3.57. The maximum Gasteiger partial charge on any atom is 0.246 e. The van der Waals surface area contributed by atoms with E-state index in [-0.39, 0.29) is 11.4 Å². The van der Waals surface area contributed by atoms with Gasteiger partial charge in [0, 0.05) is 26.7 Å². The van der Waals surface area contributed by atoms with Crippen LogP contribution in [0.5, 0.6) is 0 Å². The molecular weight excluding hydrogens is 256 g/mol. The molecule has 0 spiro atoms. The standard InChI is InChI=1S/C10H20N4O3S/c1-4-17-6-5-14(3)18(15,16)10-8(2)12-13-9(10)7-11/h4-7,11H2,1-3H3,(H,12,13). The van der Waals surface area contributed by atoms with E-state index in [0.29, 0.717) is 31.1 Å². The molecule has 0 saturated carbocycles. The van der Waals surface area contributed by atoms with Gasteiger partial charge in [0.2, 0.25) is 10.0 Å². The van der Waals surface area contributed by atoms with Gasteiger partial charge in [-0.1, -0.05) is 0 Å². The highest BCUT2D eigenvalue weighted by molar-refractivity contribution is 7.89. The molecule has 1 heterocycles. The Hall–Kier alpha value is -0.960. The zero-order valence-electron chi connectivity index (χ0n) is 10.9. The predicted molar refractivity (Wildman–Crippen MR) is 67.5 cm³/mol. The van der Waals surface area contributed by atoms with E-state index in [4.69, 9.17) is 10.5 Å². The molecule has 0 amide bonds. The Labute approximate surface area is 107 Å². The SMILES string of the molecule is CCOCCN(C)S(=O)(=O)c1c(CN)n[nH]c1C. The smallest absolute Gasteiger partial charge is 0.246 e. The summed E-state index contributed by atoms with van der Waals surface area (Å²) in [4.78, 5) is 0.170. The highest BCUT2D eigenvalue weighted by atomic mass is 32.2. The van der Waals surface area contributed by atoms with Gasteiger partial charge in [0.1, 0.15) is 4.90 Å². The van der Waals surface area contributed by atoms with Gasteiger partial charge in [0.05, 0.1) is 18.0 Å². The summed E-state index contributed by atoms with van der Waals surface area (Å²) in [6.07, 6.45) is 0. The summed E-state index contributed by atoms with van der Waals surface area (Å²) in [6.45, 7) is 4.83. The lowest BCUT2D eigenvalue weighted by molar-refractivity contribution is 0.138. The van der Waals surface area contributed by atoms with Crippen molar-refractivity contribution in [2.75, 3.05) is 26.8 Å². The van der Waals surface area contributed by atoms with Gasteiger partial charge in [-0.3, -0.25) is 5.10 Å². The Kier molecular flexibility index (Phi) is 5.27. The van der Waals surface area contributed by atoms with Crippen LogP contribution in [-0.4, -0.2) is 49.7 Å². The van der Waals surface area contributed by atoms with Crippen molar-refractivity contribution < 1.29 is 13.2 Å². The number of aromatic nitrogens is 2. The van der Waals surface area contributed by atoms with Crippen LogP contribution in [0.15, 0.2) is 4.90 Å². The van der Waals surface area contributed by atoms with Crippen molar-refractivity contribution in [3.63, 3.8) is 0 Å². The molecule has 0 bridgehead atoms. The van der Waals surface area contributed by atoms with Crippen LogP contribution in [0.1, 0.15) is 18.3 Å². The van der Waals surface area contributed by atoms with Crippen LogP contribution >= 0.6 is 0 Å². The average Bonchev–Trinajstić information content (AvgIpc) is 2.71. The molecule has 1 aromatic rings. The number of aromatic amines is 1. The van der Waals surface area contributed by atoms with Crippen molar-refractivity contribution in [2.24, 2.45) is 5.73 Å². The Morgan fingerprint density at radius 2 is 2.17 bits per heavy atom. The lowest BCUT2D eigenvalue weighted by Crippen LogP contribution is -2.31. The second kappa shape index (κ2) is 6.28. The number of rotatable bonds is 7. The van der Waals surface area contributed by atoms with E-state index < -0.39 is 10.0 Å². The molecule has 0 saturated heterocycles. The van der Waals surface area contributed by atoms with E-state index in [1.807, 2.05) is 6.92 Å². The number of H-pyrrole nitrogens is 1. The summed E-state index contributed by atoms with van der Waals surface area (Å²) in [5.41, 5.74) is 6.35. The van der Waals surface area contributed by atoms with Crippen molar-refractivity contribution in [2.45, 2.75) is 25.3 Å². The fourth-order valence-electron chi connectivity index (χ4n) is 1.56. The highest BCUT2D eigenvalue weighted by Gasteiger charge is 2.27. The van der Waals surface area contributed by atoms with Gasteiger partial charge in [0.15, 0.2) is 0 Å². The molecule has 104 valence electrons. The molecule has 1 rings (SSSR count). The first-order valence-electron chi connectivity index (χ1n) is 5.73. The zero-order chi connectivity index (χ0) is 13.8. The first-order valence-corrected chi connectivity index (χ1v) is 7.17. The molecule has 3 N–H and O–H groups in total. The molecule has 0 aromatic carbocycles. The number of likely N-dealkylation sites (N-methyl/N-ethyl adjacent to an activating group) is 1. The van der Waals surface area contributed by atoms with Gasteiger partial charge in [-0.15, -0.1) is 0 Å². The molecule has 0 aliphatic rings. The molecule has 0 aliphatic heterocycles. The zero-order valence-corrected chi connectivity index (χ0v) is 11.7. The molecule has 0 aliphatic carbocycles. The van der Waals surface area contributed by atoms with Gasteiger partial charge in [-0.25, -0.2) is 8.42 Å². The Balaban J connectivity index is 2.94. The molecule has 7 nitrogen and oxygen atoms in total. The number of hydrogen-bond donors (Lipinski definition) is 2. The van der Waals surface area contributed by atoms with Crippen molar-refractivity contribution in [1.82, 2.24) is 14.5 Å². The fourth-order valence-corrected chi connectivity index (χ4v) is 3.05. The van der Waals surface area contributed by atoms with Crippen LogP contribution in [0.2, 0.25) is 0 Å². The fraction of sp³-hybridized carbons (Fsp3) is 0.700. The summed E-state index contributed by atoms with van der Waals surface area (Å²) < 4.78 is 31.1. The third-order valence-electron chi connectivity index (χ3n) is 2.58. The molecule has 0 fully saturated rings. The first kappa shape index (κ1) is 15.1. The van der Waals surface area contributed by atoms with Crippen LogP contribution in [0.4, 0.5) is 0 Å². The second-order valence-corrected chi connectivity index (χ2v) is 5.83. The van der Waals surface area contributed by atoms with E-state index >= 15 is 0 Å². The van der Waals surface area contributed by atoms with E-state index in [2.05, 4.69) is 10.2 Å². The van der Waals surface area contributed by atoms with E-state index in [1.165, 1.54) is 11.4 Å². The second-order valence-electron chi connectivity index (χ2n) is 3.85. The van der Waals surface area contributed by atoms with Gasteiger partial charge in [-0.05, 0) is 13.8 Å². The van der Waals surface area contributed by atoms with Crippen molar-refractivity contribution in [3.05, 3.63) is 11.4 Å². The van der Waals surface area contributed by atoms with Gasteiger partial charge >= 0.3 is 0 Å². The Morgan fingerprint density at radius 3 is 2.72 bits per heavy atom.